The molecular weight excluding hydrogens is 125 g/mol. The Labute approximate surface area is 60.4 Å². The maximum atomic E-state index is 5.01. The van der Waals surface area contributed by atoms with Gasteiger partial charge in [-0.25, -0.2) is 4.98 Å². The van der Waals surface area contributed by atoms with E-state index >= 15 is 0 Å². The number of hydrogen-bond acceptors (Lipinski definition) is 2. The molecule has 0 fully saturated rings. The van der Waals surface area contributed by atoms with Crippen molar-refractivity contribution in [1.82, 2.24) is 4.98 Å². The van der Waals surface area contributed by atoms with Crippen LogP contribution < -0.4 is 0 Å². The van der Waals surface area contributed by atoms with Crippen LogP contribution in [0.5, 0.6) is 0 Å². The fourth-order valence-electron chi connectivity index (χ4n) is 0.803. The summed E-state index contributed by atoms with van der Waals surface area (Å²) in [6.07, 6.45) is 1.45. The van der Waals surface area contributed by atoms with Gasteiger partial charge in [0.25, 0.3) is 0 Å². The van der Waals surface area contributed by atoms with Crippen molar-refractivity contribution in [1.29, 1.82) is 0 Å². The van der Waals surface area contributed by atoms with E-state index in [1.807, 2.05) is 24.3 Å². The van der Waals surface area contributed by atoms with Gasteiger partial charge in [0.15, 0.2) is 12.0 Å². The number of aromatic nitrogens is 1. The first-order valence-corrected chi connectivity index (χ1v) is 2.75. The second-order valence-electron chi connectivity index (χ2n) is 1.82. The third-order valence-electron chi connectivity index (χ3n) is 1.24. The molecule has 0 amide bonds. The Morgan fingerprint density at radius 3 is 2.80 bits per heavy atom. The maximum Gasteiger partial charge on any atom is 0.181 e. The van der Waals surface area contributed by atoms with Crippen LogP contribution >= 0.6 is 0 Å². The molecule has 1 heterocycles. The van der Waals surface area contributed by atoms with Crippen molar-refractivity contribution in [3.8, 4) is 0 Å². The maximum absolute atomic E-state index is 5.01. The molecule has 10 heavy (non-hydrogen) atoms. The molecular formula is C7H8BNO. The van der Waals surface area contributed by atoms with E-state index in [1.165, 1.54) is 6.39 Å². The summed E-state index contributed by atoms with van der Waals surface area (Å²) >= 11 is 0. The highest BCUT2D eigenvalue weighted by Gasteiger charge is 1.91. The predicted molar refractivity (Wildman–Crippen MR) is 43.9 cm³/mol. The largest absolute Gasteiger partial charge is 0.443 e. The molecule has 0 saturated carbocycles. The van der Waals surface area contributed by atoms with E-state index < -0.39 is 0 Å². The number of para-hydroxylation sites is 2. The van der Waals surface area contributed by atoms with Gasteiger partial charge in [0.2, 0.25) is 0 Å². The average molecular weight is 133 g/mol. The van der Waals surface area contributed by atoms with Crippen LogP contribution in [0.3, 0.4) is 0 Å². The van der Waals surface area contributed by atoms with Crippen molar-refractivity contribution in [3.63, 3.8) is 0 Å². The molecule has 3 heteroatoms. The third-order valence-corrected chi connectivity index (χ3v) is 1.24. The third kappa shape index (κ3) is 0.901. The van der Waals surface area contributed by atoms with Gasteiger partial charge in [0, 0.05) is 0 Å². The topological polar surface area (TPSA) is 26.0 Å². The quantitative estimate of drug-likeness (QED) is 0.493. The summed E-state index contributed by atoms with van der Waals surface area (Å²) in [5.74, 6) is 0. The van der Waals surface area contributed by atoms with Crippen molar-refractivity contribution in [2.45, 2.75) is 0 Å². The van der Waals surface area contributed by atoms with Crippen LogP contribution in [0, 0.1) is 0 Å². The van der Waals surface area contributed by atoms with Gasteiger partial charge >= 0.3 is 0 Å². The number of benzene rings is 1. The molecule has 2 aromatic rings. The van der Waals surface area contributed by atoms with Crippen molar-refractivity contribution in [3.05, 3.63) is 30.7 Å². The lowest BCUT2D eigenvalue weighted by atomic mass is 10.3. The van der Waals surface area contributed by atoms with Crippen LogP contribution in [0.15, 0.2) is 35.1 Å². The first-order valence-electron chi connectivity index (χ1n) is 2.75. The van der Waals surface area contributed by atoms with E-state index in [0.29, 0.717) is 0 Å². The minimum Gasteiger partial charge on any atom is -0.443 e. The van der Waals surface area contributed by atoms with Crippen LogP contribution in [0.2, 0.25) is 0 Å². The lowest BCUT2D eigenvalue weighted by Crippen LogP contribution is -1.61. The molecule has 0 radical (unpaired) electrons. The van der Waals surface area contributed by atoms with Gasteiger partial charge in [0.05, 0.1) is 8.41 Å². The molecule has 1 aromatic carbocycles. The van der Waals surface area contributed by atoms with Crippen molar-refractivity contribution in [2.24, 2.45) is 0 Å². The molecule has 0 spiro atoms. The Kier molecular flexibility index (Phi) is 1.76. The first-order chi connectivity index (χ1) is 4.47. The Hall–Kier alpha value is -1.25. The average Bonchev–Trinajstić information content (AvgIpc) is 2.33. The van der Waals surface area contributed by atoms with E-state index in [0.717, 1.165) is 11.1 Å². The molecule has 1 aromatic heterocycles. The summed E-state index contributed by atoms with van der Waals surface area (Å²) in [6, 6.07) is 7.67. The zero-order valence-corrected chi connectivity index (χ0v) is 4.74. The van der Waals surface area contributed by atoms with E-state index in [2.05, 4.69) is 4.98 Å². The Bertz CT molecular complexity index is 288. The van der Waals surface area contributed by atoms with Gasteiger partial charge in [0.1, 0.15) is 5.52 Å². The molecule has 0 saturated heterocycles. The molecule has 0 N–H and O–H groups in total. The molecule has 0 aliphatic rings. The summed E-state index contributed by atoms with van der Waals surface area (Å²) in [5, 5.41) is 0. The second-order valence-corrected chi connectivity index (χ2v) is 1.82. The van der Waals surface area contributed by atoms with Gasteiger partial charge in [-0.3, -0.25) is 0 Å². The SMILES string of the molecule is B.c1ccc2ocnc2c1. The number of nitrogens with zero attached hydrogens (tertiary/aromatic N) is 1. The fourth-order valence-corrected chi connectivity index (χ4v) is 0.803. The lowest BCUT2D eigenvalue weighted by Gasteiger charge is -1.79. The molecule has 0 aliphatic carbocycles. The summed E-state index contributed by atoms with van der Waals surface area (Å²) < 4.78 is 5.01. The first kappa shape index (κ1) is 6.87. The summed E-state index contributed by atoms with van der Waals surface area (Å²) in [4.78, 5) is 3.95. The zero-order chi connectivity index (χ0) is 6.10. The van der Waals surface area contributed by atoms with Crippen LogP contribution in [-0.2, 0) is 0 Å². The summed E-state index contributed by atoms with van der Waals surface area (Å²) in [6.45, 7) is 0. The normalized spacial score (nSPS) is 9.20. The second kappa shape index (κ2) is 2.56. The van der Waals surface area contributed by atoms with E-state index in [1.54, 1.807) is 0 Å². The highest BCUT2D eigenvalue weighted by molar-refractivity contribution is 5.75. The Balaban J connectivity index is 0.000000500. The van der Waals surface area contributed by atoms with Crippen molar-refractivity contribution < 1.29 is 4.42 Å². The number of hydrogen-bond donors (Lipinski definition) is 0. The molecule has 2 rings (SSSR count). The Morgan fingerprint density at radius 1 is 1.20 bits per heavy atom. The van der Waals surface area contributed by atoms with Crippen LogP contribution in [0.4, 0.5) is 0 Å². The van der Waals surface area contributed by atoms with E-state index in [-0.39, 0.29) is 8.41 Å². The van der Waals surface area contributed by atoms with E-state index in [9.17, 15) is 0 Å². The van der Waals surface area contributed by atoms with Crippen LogP contribution in [0.1, 0.15) is 0 Å². The number of fused-ring (bicyclic) bond motifs is 1. The fraction of sp³-hybridized carbons (Fsp3) is 0. The van der Waals surface area contributed by atoms with Gasteiger partial charge in [-0.15, -0.1) is 0 Å². The predicted octanol–water partition coefficient (Wildman–Crippen LogP) is 0.644. The van der Waals surface area contributed by atoms with Gasteiger partial charge in [-0.1, -0.05) is 12.1 Å². The molecule has 0 bridgehead atoms. The highest BCUT2D eigenvalue weighted by atomic mass is 16.3. The summed E-state index contributed by atoms with van der Waals surface area (Å²) in [7, 11) is 0. The van der Waals surface area contributed by atoms with Crippen LogP contribution in [-0.4, -0.2) is 13.4 Å². The van der Waals surface area contributed by atoms with Crippen LogP contribution in [0.25, 0.3) is 11.1 Å². The lowest BCUT2D eigenvalue weighted by molar-refractivity contribution is 0.602. The molecule has 0 atom stereocenters. The van der Waals surface area contributed by atoms with Gasteiger partial charge < -0.3 is 4.42 Å². The van der Waals surface area contributed by atoms with Gasteiger partial charge in [-0.05, 0) is 12.1 Å². The minimum atomic E-state index is 0. The minimum absolute atomic E-state index is 0. The standard InChI is InChI=1S/C7H5NO.BH3/c1-2-4-7-6(3-1)8-5-9-7;/h1-5H;1H3. The smallest absolute Gasteiger partial charge is 0.181 e. The number of oxazole rings is 1. The highest BCUT2D eigenvalue weighted by Crippen LogP contribution is 2.09. The molecule has 0 unspecified atom stereocenters. The van der Waals surface area contributed by atoms with Crippen molar-refractivity contribution >= 4 is 19.5 Å². The Morgan fingerprint density at radius 2 is 2.00 bits per heavy atom. The van der Waals surface area contributed by atoms with Gasteiger partial charge in [-0.2, -0.15) is 0 Å². The molecule has 50 valence electrons. The van der Waals surface area contributed by atoms with E-state index in [4.69, 9.17) is 4.42 Å². The molecule has 0 aliphatic heterocycles. The summed E-state index contributed by atoms with van der Waals surface area (Å²) in [5.41, 5.74) is 1.76. The molecule has 2 nitrogen and oxygen atoms in total. The monoisotopic (exact) mass is 133 g/mol. The zero-order valence-electron chi connectivity index (χ0n) is 4.74. The number of rotatable bonds is 0. The van der Waals surface area contributed by atoms with Crippen molar-refractivity contribution in [2.75, 3.05) is 0 Å².